The van der Waals surface area contributed by atoms with E-state index in [-0.39, 0.29) is 18.1 Å². The minimum Gasteiger partial charge on any atom is -0.372 e. The van der Waals surface area contributed by atoms with Crippen molar-refractivity contribution in [1.82, 2.24) is 5.32 Å². The zero-order chi connectivity index (χ0) is 10.3. The van der Waals surface area contributed by atoms with E-state index in [9.17, 15) is 4.79 Å². The van der Waals surface area contributed by atoms with Crippen molar-refractivity contribution in [3.8, 4) is 0 Å². The van der Waals surface area contributed by atoms with Crippen molar-refractivity contribution in [2.24, 2.45) is 5.73 Å². The van der Waals surface area contributed by atoms with Gasteiger partial charge in [0.05, 0.1) is 0 Å². The molecule has 4 heteroatoms. The molecule has 0 heterocycles. The van der Waals surface area contributed by atoms with Crippen LogP contribution in [0.3, 0.4) is 0 Å². The summed E-state index contributed by atoms with van der Waals surface area (Å²) >= 11 is 0. The highest BCUT2D eigenvalue weighted by Gasteiger charge is 2.11. The van der Waals surface area contributed by atoms with Crippen LogP contribution in [0.2, 0.25) is 0 Å². The summed E-state index contributed by atoms with van der Waals surface area (Å²) < 4.78 is 5.06. The molecule has 0 atom stereocenters. The van der Waals surface area contributed by atoms with Gasteiger partial charge in [-0.15, -0.1) is 0 Å². The number of hydrogen-bond acceptors (Lipinski definition) is 3. The fourth-order valence-corrected chi connectivity index (χ4v) is 0.687. The summed E-state index contributed by atoms with van der Waals surface area (Å²) in [4.78, 5) is 11.1. The van der Waals surface area contributed by atoms with Gasteiger partial charge >= 0.3 is 0 Å². The second-order valence-corrected chi connectivity index (χ2v) is 3.82. The van der Waals surface area contributed by atoms with Crippen LogP contribution in [0.4, 0.5) is 0 Å². The zero-order valence-corrected chi connectivity index (χ0v) is 8.72. The molecule has 0 unspecified atom stereocenters. The van der Waals surface area contributed by atoms with E-state index in [1.165, 1.54) is 0 Å². The molecule has 0 aliphatic carbocycles. The van der Waals surface area contributed by atoms with Crippen LogP contribution in [0.5, 0.6) is 0 Å². The standard InChI is InChI=1S/C9H20N2O2/c1-4-5-13-6-8(12)11-7-9(2,3)10/h4-7,10H2,1-3H3,(H,11,12). The molecule has 0 aromatic rings. The van der Waals surface area contributed by atoms with E-state index in [1.54, 1.807) is 0 Å². The van der Waals surface area contributed by atoms with Gasteiger partial charge in [-0.25, -0.2) is 0 Å². The normalized spacial score (nSPS) is 11.4. The Morgan fingerprint density at radius 1 is 1.54 bits per heavy atom. The van der Waals surface area contributed by atoms with Crippen LogP contribution >= 0.6 is 0 Å². The highest BCUT2D eigenvalue weighted by atomic mass is 16.5. The van der Waals surface area contributed by atoms with Gasteiger partial charge in [0.15, 0.2) is 0 Å². The molecule has 0 radical (unpaired) electrons. The molecule has 1 amide bonds. The number of amides is 1. The van der Waals surface area contributed by atoms with Crippen molar-refractivity contribution in [3.05, 3.63) is 0 Å². The maximum atomic E-state index is 11.1. The molecule has 0 saturated carbocycles. The van der Waals surface area contributed by atoms with E-state index >= 15 is 0 Å². The number of hydrogen-bond donors (Lipinski definition) is 2. The lowest BCUT2D eigenvalue weighted by Gasteiger charge is -2.18. The van der Waals surface area contributed by atoms with Crippen LogP contribution in [0.1, 0.15) is 27.2 Å². The Morgan fingerprint density at radius 2 is 2.15 bits per heavy atom. The number of carbonyl (C=O) groups is 1. The quantitative estimate of drug-likeness (QED) is 0.588. The molecule has 0 aromatic heterocycles. The Kier molecular flexibility index (Phi) is 5.66. The molecular weight excluding hydrogens is 168 g/mol. The first kappa shape index (κ1) is 12.4. The van der Waals surface area contributed by atoms with Crippen LogP contribution in [0.25, 0.3) is 0 Å². The van der Waals surface area contributed by atoms with E-state index < -0.39 is 0 Å². The minimum absolute atomic E-state index is 0.105. The van der Waals surface area contributed by atoms with E-state index in [2.05, 4.69) is 5.32 Å². The number of ether oxygens (including phenoxy) is 1. The van der Waals surface area contributed by atoms with Gasteiger partial charge in [-0.1, -0.05) is 6.92 Å². The third kappa shape index (κ3) is 9.30. The van der Waals surface area contributed by atoms with Crippen molar-refractivity contribution in [1.29, 1.82) is 0 Å². The molecule has 3 N–H and O–H groups in total. The fourth-order valence-electron chi connectivity index (χ4n) is 0.687. The van der Waals surface area contributed by atoms with Gasteiger partial charge < -0.3 is 15.8 Å². The van der Waals surface area contributed by atoms with Crippen molar-refractivity contribution in [3.63, 3.8) is 0 Å². The molecule has 0 aromatic carbocycles. The van der Waals surface area contributed by atoms with E-state index in [4.69, 9.17) is 10.5 Å². The first-order chi connectivity index (χ1) is 5.95. The highest BCUT2D eigenvalue weighted by molar-refractivity contribution is 5.77. The molecule has 0 bridgehead atoms. The Labute approximate surface area is 79.8 Å². The SMILES string of the molecule is CCCOCC(=O)NCC(C)(C)N. The van der Waals surface area contributed by atoms with Gasteiger partial charge in [0.1, 0.15) is 6.61 Å². The van der Waals surface area contributed by atoms with Crippen LogP contribution < -0.4 is 11.1 Å². The molecular formula is C9H20N2O2. The molecule has 0 aliphatic heterocycles. The smallest absolute Gasteiger partial charge is 0.246 e. The zero-order valence-electron chi connectivity index (χ0n) is 8.72. The summed E-state index contributed by atoms with van der Waals surface area (Å²) in [7, 11) is 0. The minimum atomic E-state index is -0.361. The van der Waals surface area contributed by atoms with Crippen molar-refractivity contribution < 1.29 is 9.53 Å². The molecule has 0 fully saturated rings. The maximum Gasteiger partial charge on any atom is 0.246 e. The average Bonchev–Trinajstić information content (AvgIpc) is 2.00. The molecule has 0 spiro atoms. The number of nitrogens with two attached hydrogens (primary N) is 1. The second-order valence-electron chi connectivity index (χ2n) is 3.82. The Balaban J connectivity index is 3.41. The van der Waals surface area contributed by atoms with Gasteiger partial charge in [0.25, 0.3) is 0 Å². The summed E-state index contributed by atoms with van der Waals surface area (Å²) in [6, 6.07) is 0. The molecule has 78 valence electrons. The first-order valence-corrected chi connectivity index (χ1v) is 4.59. The van der Waals surface area contributed by atoms with Gasteiger partial charge in [-0.2, -0.15) is 0 Å². The van der Waals surface area contributed by atoms with Crippen LogP contribution in [-0.4, -0.2) is 31.2 Å². The number of carbonyl (C=O) groups excluding carboxylic acids is 1. The lowest BCUT2D eigenvalue weighted by molar-refractivity contribution is -0.125. The third-order valence-electron chi connectivity index (χ3n) is 1.32. The molecule has 0 aliphatic rings. The van der Waals surface area contributed by atoms with E-state index in [0.717, 1.165) is 6.42 Å². The van der Waals surface area contributed by atoms with E-state index in [1.807, 2.05) is 20.8 Å². The van der Waals surface area contributed by atoms with Gasteiger partial charge in [-0.05, 0) is 20.3 Å². The molecule has 4 nitrogen and oxygen atoms in total. The summed E-state index contributed by atoms with van der Waals surface area (Å²) in [5, 5.41) is 2.69. The lowest BCUT2D eigenvalue weighted by Crippen LogP contribution is -2.46. The van der Waals surface area contributed by atoms with Crippen molar-refractivity contribution >= 4 is 5.91 Å². The topological polar surface area (TPSA) is 64.3 Å². The van der Waals surface area contributed by atoms with Gasteiger partial charge in [-0.3, -0.25) is 4.79 Å². The Bertz CT molecular complexity index is 152. The Morgan fingerprint density at radius 3 is 2.62 bits per heavy atom. The second kappa shape index (κ2) is 5.94. The van der Waals surface area contributed by atoms with Gasteiger partial charge in [0.2, 0.25) is 5.91 Å². The fraction of sp³-hybridized carbons (Fsp3) is 0.889. The molecule has 13 heavy (non-hydrogen) atoms. The summed E-state index contributed by atoms with van der Waals surface area (Å²) in [6.07, 6.45) is 0.926. The average molecular weight is 188 g/mol. The number of nitrogens with one attached hydrogen (secondary N) is 1. The van der Waals surface area contributed by atoms with Crippen molar-refractivity contribution in [2.75, 3.05) is 19.8 Å². The summed E-state index contributed by atoms with van der Waals surface area (Å²) in [5.41, 5.74) is 5.32. The molecule has 0 saturated heterocycles. The molecule has 0 rings (SSSR count). The monoisotopic (exact) mass is 188 g/mol. The predicted octanol–water partition coefficient (Wildman–Crippen LogP) is 0.267. The van der Waals surface area contributed by atoms with Crippen LogP contribution in [0, 0.1) is 0 Å². The maximum absolute atomic E-state index is 11.1. The van der Waals surface area contributed by atoms with Crippen LogP contribution in [-0.2, 0) is 9.53 Å². The van der Waals surface area contributed by atoms with Gasteiger partial charge in [0, 0.05) is 18.7 Å². The van der Waals surface area contributed by atoms with Crippen molar-refractivity contribution in [2.45, 2.75) is 32.7 Å². The first-order valence-electron chi connectivity index (χ1n) is 4.59. The highest BCUT2D eigenvalue weighted by Crippen LogP contribution is 1.92. The number of rotatable bonds is 6. The third-order valence-corrected chi connectivity index (χ3v) is 1.32. The van der Waals surface area contributed by atoms with Crippen LogP contribution in [0.15, 0.2) is 0 Å². The largest absolute Gasteiger partial charge is 0.372 e. The summed E-state index contributed by atoms with van der Waals surface area (Å²) in [5.74, 6) is -0.105. The summed E-state index contributed by atoms with van der Waals surface area (Å²) in [6.45, 7) is 6.95. The van der Waals surface area contributed by atoms with E-state index in [0.29, 0.717) is 13.2 Å². The Hall–Kier alpha value is -0.610. The predicted molar refractivity (Wildman–Crippen MR) is 52.4 cm³/mol. The lowest BCUT2D eigenvalue weighted by atomic mass is 10.1.